The van der Waals surface area contributed by atoms with E-state index in [1.54, 1.807) is 30.6 Å². The molecule has 13 heteroatoms. The van der Waals surface area contributed by atoms with Crippen molar-refractivity contribution in [1.82, 2.24) is 24.9 Å². The highest BCUT2D eigenvalue weighted by Crippen LogP contribution is 2.27. The van der Waals surface area contributed by atoms with Gasteiger partial charge in [-0.3, -0.25) is 19.2 Å². The van der Waals surface area contributed by atoms with E-state index in [1.165, 1.54) is 36.0 Å². The van der Waals surface area contributed by atoms with Crippen LogP contribution in [0.4, 0.5) is 9.18 Å². The number of hydrogen-bond donors (Lipinski definition) is 1. The smallest absolute Gasteiger partial charge is 0.407 e. The molecule has 0 aliphatic carbocycles. The molecule has 4 rings (SSSR count). The van der Waals surface area contributed by atoms with Crippen molar-refractivity contribution >= 4 is 29.7 Å². The Morgan fingerprint density at radius 1 is 1.07 bits per heavy atom. The van der Waals surface area contributed by atoms with Crippen LogP contribution in [0.5, 0.6) is 5.75 Å². The van der Waals surface area contributed by atoms with Crippen molar-refractivity contribution in [3.63, 3.8) is 0 Å². The molecule has 2 saturated heterocycles. The van der Waals surface area contributed by atoms with Gasteiger partial charge in [-0.1, -0.05) is 0 Å². The Bertz CT molecular complexity index is 1250. The van der Waals surface area contributed by atoms with Gasteiger partial charge in [0.05, 0.1) is 24.2 Å². The summed E-state index contributed by atoms with van der Waals surface area (Å²) in [6.45, 7) is 6.27. The second kappa shape index (κ2) is 13.2. The number of alkyl carbamates (subject to hydrolysis) is 1. The van der Waals surface area contributed by atoms with E-state index in [-0.39, 0.29) is 61.6 Å². The van der Waals surface area contributed by atoms with Crippen molar-refractivity contribution in [2.24, 2.45) is 0 Å². The van der Waals surface area contributed by atoms with Gasteiger partial charge in [0, 0.05) is 40.2 Å². The topological polar surface area (TPSA) is 129 Å². The van der Waals surface area contributed by atoms with Crippen LogP contribution in [-0.4, -0.2) is 120 Å². The maximum atomic E-state index is 14.4. The molecule has 3 atom stereocenters. The molecular weight excluding hydrogens is 561 g/mol. The third kappa shape index (κ3) is 7.94. The molecule has 3 heterocycles. The Hall–Kier alpha value is -3.90. The Kier molecular flexibility index (Phi) is 9.81. The van der Waals surface area contributed by atoms with Gasteiger partial charge in [0.1, 0.15) is 29.8 Å². The molecule has 5 amide bonds. The van der Waals surface area contributed by atoms with Crippen molar-refractivity contribution in [2.75, 3.05) is 46.9 Å². The SMILES string of the molecule is CN1CC(=O)N2C[C@@H](NC(=O)OC(C)(C)C)C[C@H]2COc2ccc(F)cc2C(=O)N(C)[C@H](C(=O)N2CCCC2)CCC1=O. The monoisotopic (exact) mass is 603 g/mol. The van der Waals surface area contributed by atoms with Crippen molar-refractivity contribution < 1.29 is 37.8 Å². The van der Waals surface area contributed by atoms with Gasteiger partial charge in [-0.05, 0) is 64.7 Å². The van der Waals surface area contributed by atoms with E-state index in [4.69, 9.17) is 9.47 Å². The summed E-state index contributed by atoms with van der Waals surface area (Å²) in [5, 5.41) is 2.80. The van der Waals surface area contributed by atoms with Gasteiger partial charge >= 0.3 is 6.09 Å². The minimum Gasteiger partial charge on any atom is -0.491 e. The van der Waals surface area contributed by atoms with Gasteiger partial charge < -0.3 is 34.4 Å². The first-order valence-electron chi connectivity index (χ1n) is 14.7. The number of amides is 5. The fourth-order valence-corrected chi connectivity index (χ4v) is 5.74. The second-order valence-electron chi connectivity index (χ2n) is 12.5. The lowest BCUT2D eigenvalue weighted by Gasteiger charge is -2.31. The highest BCUT2D eigenvalue weighted by Gasteiger charge is 2.39. The number of carbonyl (C=O) groups excluding carboxylic acids is 5. The van der Waals surface area contributed by atoms with Crippen LogP contribution < -0.4 is 10.1 Å². The van der Waals surface area contributed by atoms with E-state index in [0.29, 0.717) is 19.5 Å². The van der Waals surface area contributed by atoms with Crippen LogP contribution in [-0.2, 0) is 19.1 Å². The Morgan fingerprint density at radius 2 is 1.77 bits per heavy atom. The Morgan fingerprint density at radius 3 is 2.44 bits per heavy atom. The zero-order valence-electron chi connectivity index (χ0n) is 25.6. The van der Waals surface area contributed by atoms with Gasteiger partial charge in [0.25, 0.3) is 5.91 Å². The number of likely N-dealkylation sites (tertiary alicyclic amines) is 1. The molecule has 43 heavy (non-hydrogen) atoms. The molecule has 1 aromatic carbocycles. The number of ether oxygens (including phenoxy) is 2. The van der Waals surface area contributed by atoms with E-state index >= 15 is 0 Å². The van der Waals surface area contributed by atoms with Gasteiger partial charge in [-0.2, -0.15) is 0 Å². The maximum absolute atomic E-state index is 14.4. The minimum atomic E-state index is -0.956. The minimum absolute atomic E-state index is 0.0364. The number of halogens is 1. The number of likely N-dealkylation sites (N-methyl/N-ethyl adjacent to an activating group) is 2. The molecule has 12 nitrogen and oxygen atoms in total. The van der Waals surface area contributed by atoms with Crippen LogP contribution in [0, 0.1) is 5.82 Å². The third-order valence-electron chi connectivity index (χ3n) is 7.98. The number of rotatable bonds is 2. The highest BCUT2D eigenvalue weighted by molar-refractivity contribution is 5.99. The van der Waals surface area contributed by atoms with Gasteiger partial charge in [0.2, 0.25) is 17.7 Å². The fraction of sp³-hybridized carbons (Fsp3) is 0.633. The first-order valence-corrected chi connectivity index (χ1v) is 14.7. The average molecular weight is 604 g/mol. The number of carbonyl (C=O) groups is 5. The summed E-state index contributed by atoms with van der Waals surface area (Å²) in [5.74, 6) is -2.14. The summed E-state index contributed by atoms with van der Waals surface area (Å²) in [6, 6.07) is 1.67. The summed E-state index contributed by atoms with van der Waals surface area (Å²) < 4.78 is 25.8. The summed E-state index contributed by atoms with van der Waals surface area (Å²) >= 11 is 0. The predicted octanol–water partition coefficient (Wildman–Crippen LogP) is 2.01. The van der Waals surface area contributed by atoms with E-state index in [1.807, 2.05) is 0 Å². The number of nitrogens with zero attached hydrogens (tertiary/aromatic N) is 4. The fourth-order valence-electron chi connectivity index (χ4n) is 5.74. The quantitative estimate of drug-likeness (QED) is 0.548. The number of fused-ring (bicyclic) bond motifs is 2. The first kappa shape index (κ1) is 32.0. The summed E-state index contributed by atoms with van der Waals surface area (Å²) in [4.78, 5) is 72.0. The molecule has 1 aromatic rings. The largest absolute Gasteiger partial charge is 0.491 e. The first-order chi connectivity index (χ1) is 20.2. The maximum Gasteiger partial charge on any atom is 0.407 e. The van der Waals surface area contributed by atoms with Crippen molar-refractivity contribution in [3.8, 4) is 5.75 Å². The molecule has 0 unspecified atom stereocenters. The standard InChI is InChI=1S/C30H42FN5O7/c1-30(2,3)43-29(41)32-20-15-21-18-42-24-10-8-19(31)14-22(24)27(39)34(5)23(28(40)35-12-6-7-13-35)9-11-25(37)33(4)17-26(38)36(21)16-20/h8,10,14,20-21,23H,6-7,9,11-13,15-18H2,1-5H3,(H,32,41)/t20-,21-,23-/m0/s1. The van der Waals surface area contributed by atoms with Crippen molar-refractivity contribution in [2.45, 2.75) is 76.6 Å². The summed E-state index contributed by atoms with van der Waals surface area (Å²) in [5.41, 5.74) is -0.773. The van der Waals surface area contributed by atoms with E-state index in [0.717, 1.165) is 18.9 Å². The predicted molar refractivity (Wildman–Crippen MR) is 154 cm³/mol. The van der Waals surface area contributed by atoms with Gasteiger partial charge in [-0.25, -0.2) is 9.18 Å². The molecule has 0 radical (unpaired) electrons. The van der Waals surface area contributed by atoms with Crippen molar-refractivity contribution in [3.05, 3.63) is 29.6 Å². The van der Waals surface area contributed by atoms with Crippen LogP contribution in [0.25, 0.3) is 0 Å². The van der Waals surface area contributed by atoms with E-state index in [9.17, 15) is 28.4 Å². The molecule has 0 saturated carbocycles. The van der Waals surface area contributed by atoms with Crippen LogP contribution in [0.15, 0.2) is 18.2 Å². The average Bonchev–Trinajstić information content (AvgIpc) is 3.60. The van der Waals surface area contributed by atoms with Crippen LogP contribution in [0.3, 0.4) is 0 Å². The summed E-state index contributed by atoms with van der Waals surface area (Å²) in [7, 11) is 2.98. The third-order valence-corrected chi connectivity index (χ3v) is 7.98. The molecular formula is C30H42FN5O7. The van der Waals surface area contributed by atoms with Gasteiger partial charge in [0.15, 0.2) is 0 Å². The number of hydrogen-bond acceptors (Lipinski definition) is 7. The summed E-state index contributed by atoms with van der Waals surface area (Å²) in [6.07, 6.45) is 1.38. The molecule has 0 bridgehead atoms. The number of benzene rings is 1. The molecule has 236 valence electrons. The molecule has 2 fully saturated rings. The molecule has 0 aromatic heterocycles. The zero-order valence-corrected chi connectivity index (χ0v) is 25.6. The van der Waals surface area contributed by atoms with Crippen LogP contribution >= 0.6 is 0 Å². The van der Waals surface area contributed by atoms with Crippen LogP contribution in [0.2, 0.25) is 0 Å². The Labute approximate surface area is 251 Å². The van der Waals surface area contributed by atoms with E-state index < -0.39 is 41.5 Å². The van der Waals surface area contributed by atoms with E-state index in [2.05, 4.69) is 5.32 Å². The molecule has 3 aliphatic rings. The highest BCUT2D eigenvalue weighted by atomic mass is 19.1. The van der Waals surface area contributed by atoms with Crippen LogP contribution in [0.1, 0.15) is 63.2 Å². The normalized spacial score (nSPS) is 24.1. The van der Waals surface area contributed by atoms with Gasteiger partial charge in [-0.15, -0.1) is 0 Å². The lowest BCUT2D eigenvalue weighted by molar-refractivity contribution is -0.141. The second-order valence-corrected chi connectivity index (χ2v) is 12.5. The Balaban J connectivity index is 1.63. The lowest BCUT2D eigenvalue weighted by atomic mass is 10.1. The lowest BCUT2D eigenvalue weighted by Crippen LogP contribution is -2.49. The molecule has 0 spiro atoms. The zero-order chi connectivity index (χ0) is 31.5. The molecule has 3 aliphatic heterocycles. The van der Waals surface area contributed by atoms with Crippen molar-refractivity contribution in [1.29, 1.82) is 0 Å². The number of nitrogens with one attached hydrogen (secondary N) is 1. The molecule has 1 N–H and O–H groups in total.